The van der Waals surface area contributed by atoms with Gasteiger partial charge in [0.2, 0.25) is 4.90 Å². The molecule has 4 unspecified atom stereocenters. The van der Waals surface area contributed by atoms with Gasteiger partial charge in [-0.2, -0.15) is 4.55 Å². The molecule has 2 aliphatic carbocycles. The molecule has 1 saturated carbocycles. The highest BCUT2D eigenvalue weighted by Crippen LogP contribution is 2.47. The van der Waals surface area contributed by atoms with Crippen molar-refractivity contribution in [1.82, 2.24) is 0 Å². The molecule has 4 N–H and O–H groups in total. The molecule has 1 fully saturated rings. The lowest BCUT2D eigenvalue weighted by molar-refractivity contribution is -0.140. The zero-order valence-corrected chi connectivity index (χ0v) is 23.1. The highest BCUT2D eigenvalue weighted by atomic mass is 35.5. The fourth-order valence-corrected chi connectivity index (χ4v) is 8.24. The Kier molecular flexibility index (Phi) is 7.92. The number of halogens is 2. The number of hydrogen-bond donors (Lipinski definition) is 3. The molecule has 1 aliphatic heterocycles. The van der Waals surface area contributed by atoms with Gasteiger partial charge in [0.15, 0.2) is 16.9 Å². The van der Waals surface area contributed by atoms with Gasteiger partial charge in [-0.3, -0.25) is 4.79 Å². The molecule has 3 aliphatic rings. The summed E-state index contributed by atoms with van der Waals surface area (Å²) in [5.74, 6) is -1.82. The van der Waals surface area contributed by atoms with Crippen LogP contribution in [-0.4, -0.2) is 34.0 Å². The molecule has 0 radical (unpaired) electrons. The lowest BCUT2D eigenvalue weighted by Gasteiger charge is -2.36. The lowest BCUT2D eigenvalue weighted by Crippen LogP contribution is -2.37. The normalized spacial score (nSPS) is 28.2. The zero-order valence-electron chi connectivity index (χ0n) is 21.6. The third-order valence-electron chi connectivity index (χ3n) is 8.15. The van der Waals surface area contributed by atoms with Crippen LogP contribution in [0.3, 0.4) is 0 Å². The van der Waals surface area contributed by atoms with Crippen molar-refractivity contribution in [2.24, 2.45) is 23.0 Å². The van der Waals surface area contributed by atoms with Crippen LogP contribution < -0.4 is 10.6 Å². The van der Waals surface area contributed by atoms with Crippen molar-refractivity contribution in [3.63, 3.8) is 0 Å². The van der Waals surface area contributed by atoms with E-state index in [1.165, 1.54) is 44.3 Å². The minimum absolute atomic E-state index is 0.126. The van der Waals surface area contributed by atoms with Crippen molar-refractivity contribution >= 4 is 45.7 Å². The molecule has 1 heterocycles. The first-order chi connectivity index (χ1) is 18.1. The van der Waals surface area contributed by atoms with E-state index in [1.807, 2.05) is 30.3 Å². The summed E-state index contributed by atoms with van der Waals surface area (Å²) in [4.78, 5) is 14.7. The van der Waals surface area contributed by atoms with Crippen LogP contribution in [0.1, 0.15) is 51.0 Å². The lowest BCUT2D eigenvalue weighted by atomic mass is 9.76. The summed E-state index contributed by atoms with van der Waals surface area (Å²) < 4.78 is 26.3. The molecule has 38 heavy (non-hydrogen) atoms. The summed E-state index contributed by atoms with van der Waals surface area (Å²) in [6.45, 7) is 3.02. The first-order valence-electron chi connectivity index (χ1n) is 13.3. The number of anilines is 2. The van der Waals surface area contributed by atoms with E-state index >= 15 is 0 Å². The monoisotopic (exact) mass is 557 g/mol. The number of carbonyl (C=O) groups is 1. The maximum Gasteiger partial charge on any atom is 0.312 e. The molecule has 0 aromatic heterocycles. The van der Waals surface area contributed by atoms with Crippen LogP contribution >= 0.6 is 11.6 Å². The van der Waals surface area contributed by atoms with Crippen LogP contribution in [0.5, 0.6) is 0 Å². The van der Waals surface area contributed by atoms with Crippen LogP contribution in [0.15, 0.2) is 65.3 Å². The number of nitrogens with zero attached hydrogens (tertiary/aromatic N) is 1. The average molecular weight is 558 g/mol. The Morgan fingerprint density at radius 2 is 1.92 bits per heavy atom. The van der Waals surface area contributed by atoms with Gasteiger partial charge in [0, 0.05) is 29.3 Å². The smallest absolute Gasteiger partial charge is 0.312 e. The Balaban J connectivity index is 1.59. The Labute approximate surface area is 231 Å². The molecule has 0 spiro atoms. The Hall–Kier alpha value is -2.32. The SMILES string of the molecule is CC1(CC2CCCCC2)CN(c2ccccc2)c2cc(Cl)c(C3=CC(C(=O)O)C(N)C(F)=C3)cc2[S+](O)C1. The fourth-order valence-electron chi connectivity index (χ4n) is 6.29. The molecular formula is C30H35ClFN2O3S+. The first kappa shape index (κ1) is 27.3. The highest BCUT2D eigenvalue weighted by molar-refractivity contribution is 7.91. The maximum absolute atomic E-state index is 14.7. The van der Waals surface area contributed by atoms with E-state index in [1.54, 1.807) is 0 Å². The average Bonchev–Trinajstić information content (AvgIpc) is 2.99. The number of rotatable bonds is 5. The molecule has 4 atom stereocenters. The topological polar surface area (TPSA) is 86.8 Å². The van der Waals surface area contributed by atoms with Gasteiger partial charge < -0.3 is 15.7 Å². The summed E-state index contributed by atoms with van der Waals surface area (Å²) in [5.41, 5.74) is 8.38. The van der Waals surface area contributed by atoms with Crippen molar-refractivity contribution in [3.8, 4) is 0 Å². The van der Waals surface area contributed by atoms with Crippen molar-refractivity contribution in [3.05, 3.63) is 71.0 Å². The second-order valence-electron chi connectivity index (χ2n) is 11.3. The van der Waals surface area contributed by atoms with E-state index in [0.717, 1.165) is 29.2 Å². The fraction of sp³-hybridized carbons (Fsp3) is 0.433. The number of para-hydroxylation sites is 1. The second kappa shape index (κ2) is 11.0. The van der Waals surface area contributed by atoms with Crippen LogP contribution in [0.2, 0.25) is 5.02 Å². The van der Waals surface area contributed by atoms with E-state index < -0.39 is 34.9 Å². The van der Waals surface area contributed by atoms with E-state index in [4.69, 9.17) is 17.3 Å². The van der Waals surface area contributed by atoms with Gasteiger partial charge in [0.25, 0.3) is 0 Å². The molecule has 202 valence electrons. The molecule has 8 heteroatoms. The van der Waals surface area contributed by atoms with E-state index in [2.05, 4.69) is 24.0 Å². The van der Waals surface area contributed by atoms with Gasteiger partial charge >= 0.3 is 5.97 Å². The van der Waals surface area contributed by atoms with Gasteiger partial charge in [-0.1, -0.05) is 74.9 Å². The molecule has 0 bridgehead atoms. The Bertz CT molecular complexity index is 1260. The number of nitrogens with two attached hydrogens (primary N) is 1. The first-order valence-corrected chi connectivity index (χ1v) is 15.0. The summed E-state index contributed by atoms with van der Waals surface area (Å²) in [5, 5.41) is 9.96. The van der Waals surface area contributed by atoms with Gasteiger partial charge in [-0.15, -0.1) is 0 Å². The predicted molar refractivity (Wildman–Crippen MR) is 154 cm³/mol. The zero-order chi connectivity index (χ0) is 27.0. The van der Waals surface area contributed by atoms with E-state index in [0.29, 0.717) is 27.8 Å². The molecule has 5 rings (SSSR count). The predicted octanol–water partition coefficient (Wildman–Crippen LogP) is 7.20. The number of allylic oxidation sites excluding steroid dienone is 2. The Morgan fingerprint density at radius 1 is 1.21 bits per heavy atom. The number of hydrogen-bond acceptors (Lipinski definition) is 4. The number of carboxylic acids is 1. The largest absolute Gasteiger partial charge is 0.481 e. The van der Waals surface area contributed by atoms with E-state index in [9.17, 15) is 18.8 Å². The third kappa shape index (κ3) is 5.53. The van der Waals surface area contributed by atoms with Gasteiger partial charge in [-0.05, 0) is 42.2 Å². The third-order valence-corrected chi connectivity index (χ3v) is 10.3. The van der Waals surface area contributed by atoms with Crippen LogP contribution in [0.25, 0.3) is 5.57 Å². The molecule has 0 amide bonds. The van der Waals surface area contributed by atoms with Crippen molar-refractivity contribution in [2.75, 3.05) is 17.2 Å². The molecule has 2 aromatic rings. The quantitative estimate of drug-likeness (QED) is 0.338. The van der Waals surface area contributed by atoms with Gasteiger partial charge in [0.05, 0.1) is 17.0 Å². The standard InChI is InChI=1S/C30H34ClFN2O3S/c1-30(16-19-8-4-2-5-9-19)17-34(21-10-6-3-7-11-21)26-15-24(31)22(14-27(26)38(37)18-30)20-12-23(29(35)36)28(33)25(32)13-20/h3,6-7,10-15,19,23,28,37H,2,4-5,8-9,16-18,33H2,1H3/p+1. The van der Waals surface area contributed by atoms with Gasteiger partial charge in [-0.25, -0.2) is 4.39 Å². The molecular weight excluding hydrogens is 523 g/mol. The minimum Gasteiger partial charge on any atom is -0.481 e. The second-order valence-corrected chi connectivity index (χ2v) is 13.2. The number of carboxylic acid groups (broad SMARTS) is 1. The maximum atomic E-state index is 14.7. The van der Waals surface area contributed by atoms with Crippen molar-refractivity contribution in [2.45, 2.75) is 56.4 Å². The van der Waals surface area contributed by atoms with Gasteiger partial charge in [0.1, 0.15) is 11.5 Å². The summed E-state index contributed by atoms with van der Waals surface area (Å²) in [7, 11) is 0. The highest BCUT2D eigenvalue weighted by Gasteiger charge is 2.45. The van der Waals surface area contributed by atoms with Crippen LogP contribution in [0, 0.1) is 17.3 Å². The van der Waals surface area contributed by atoms with Crippen LogP contribution in [-0.2, 0) is 16.0 Å². The van der Waals surface area contributed by atoms with Crippen molar-refractivity contribution in [1.29, 1.82) is 0 Å². The number of benzene rings is 2. The molecule has 0 saturated heterocycles. The number of fused-ring (bicyclic) bond motifs is 1. The van der Waals surface area contributed by atoms with E-state index in [-0.39, 0.29) is 5.41 Å². The summed E-state index contributed by atoms with van der Waals surface area (Å²) in [6.07, 6.45) is 10.1. The summed E-state index contributed by atoms with van der Waals surface area (Å²) >= 11 is 5.72. The minimum atomic E-state index is -1.24. The number of aliphatic carboxylic acids is 1. The van der Waals surface area contributed by atoms with Crippen molar-refractivity contribution < 1.29 is 18.8 Å². The molecule has 5 nitrogen and oxygen atoms in total. The Morgan fingerprint density at radius 3 is 2.61 bits per heavy atom. The summed E-state index contributed by atoms with van der Waals surface area (Å²) in [6, 6.07) is 12.5. The molecule has 2 aromatic carbocycles. The van der Waals surface area contributed by atoms with Crippen LogP contribution in [0.4, 0.5) is 15.8 Å².